The van der Waals surface area contributed by atoms with E-state index < -0.39 is 10.6 Å². The molecular formula is C9H12Cl2FN2OS-. The number of halogens is 3. The second kappa shape index (κ2) is 9.59. The summed E-state index contributed by atoms with van der Waals surface area (Å²) in [6, 6.07) is 5.46. The van der Waals surface area contributed by atoms with Crippen LogP contribution >= 0.6 is 24.8 Å². The molecule has 0 unspecified atom stereocenters. The van der Waals surface area contributed by atoms with E-state index in [0.29, 0.717) is 12.2 Å². The molecule has 16 heavy (non-hydrogen) atoms. The van der Waals surface area contributed by atoms with Crippen molar-refractivity contribution in [3.8, 4) is 0 Å². The second-order valence-electron chi connectivity index (χ2n) is 2.45. The Morgan fingerprint density at radius 2 is 1.88 bits per heavy atom. The summed E-state index contributed by atoms with van der Waals surface area (Å²) in [6.07, 6.45) is 1.56. The lowest BCUT2D eigenvalue weighted by Crippen LogP contribution is -1.91. The Morgan fingerprint density at radius 1 is 1.31 bits per heavy atom. The van der Waals surface area contributed by atoms with Gasteiger partial charge in [0, 0.05) is 12.2 Å². The monoisotopic (exact) mass is 285 g/mol. The first-order chi connectivity index (χ1) is 6.72. The molecule has 1 aromatic rings. The fourth-order valence-electron chi connectivity index (χ4n) is 0.774. The Balaban J connectivity index is 0. The fraction of sp³-hybridized carbons (Fsp3) is 0.111. The minimum Gasteiger partial charge on any atom is -0.440 e. The van der Waals surface area contributed by atoms with Gasteiger partial charge in [0.15, 0.2) is 0 Å². The van der Waals surface area contributed by atoms with Crippen molar-refractivity contribution in [3.63, 3.8) is 0 Å². The normalized spacial score (nSPS) is 11.9. The van der Waals surface area contributed by atoms with Crippen LogP contribution in [0.5, 0.6) is 0 Å². The molecule has 1 rings (SSSR count). The zero-order valence-electron chi connectivity index (χ0n) is 8.21. The zero-order chi connectivity index (χ0) is 10.4. The third-order valence-electron chi connectivity index (χ3n) is 1.37. The maximum absolute atomic E-state index is 12.5. The van der Waals surface area contributed by atoms with Gasteiger partial charge in [-0.15, -0.1) is 30.2 Å². The zero-order valence-corrected chi connectivity index (χ0v) is 10.7. The SMILES string of the molecule is Cl.Cl.NC/C=C/[S-](=O)=Nc1ccc(F)cc1. The summed E-state index contributed by atoms with van der Waals surface area (Å²) in [5.74, 6) is -0.341. The smallest absolute Gasteiger partial charge is 0.123 e. The van der Waals surface area contributed by atoms with Gasteiger partial charge in [-0.1, -0.05) is 6.08 Å². The molecule has 92 valence electrons. The van der Waals surface area contributed by atoms with E-state index in [1.807, 2.05) is 0 Å². The van der Waals surface area contributed by atoms with Gasteiger partial charge in [0.05, 0.1) is 0 Å². The third-order valence-corrected chi connectivity index (χ3v) is 2.19. The first kappa shape index (κ1) is 17.8. The van der Waals surface area contributed by atoms with Crippen molar-refractivity contribution in [1.82, 2.24) is 0 Å². The number of nitrogens with two attached hydrogens (primary N) is 1. The molecule has 0 amide bonds. The molecule has 3 nitrogen and oxygen atoms in total. The molecule has 0 aliphatic carbocycles. The van der Waals surface area contributed by atoms with Crippen LogP contribution in [0.15, 0.2) is 40.1 Å². The van der Waals surface area contributed by atoms with E-state index >= 15 is 0 Å². The lowest BCUT2D eigenvalue weighted by atomic mass is 10.3. The summed E-state index contributed by atoms with van der Waals surface area (Å²) < 4.78 is 27.4. The van der Waals surface area contributed by atoms with Crippen molar-refractivity contribution in [2.24, 2.45) is 10.1 Å². The number of hydrogen-bond acceptors (Lipinski definition) is 4. The first-order valence-electron chi connectivity index (χ1n) is 3.97. The van der Waals surface area contributed by atoms with E-state index in [1.54, 1.807) is 6.08 Å². The molecule has 1 aromatic carbocycles. The van der Waals surface area contributed by atoms with Gasteiger partial charge >= 0.3 is 0 Å². The molecule has 0 aliphatic rings. The van der Waals surface area contributed by atoms with Gasteiger partial charge in [-0.05, 0) is 24.3 Å². The van der Waals surface area contributed by atoms with Crippen molar-refractivity contribution in [2.45, 2.75) is 0 Å². The summed E-state index contributed by atoms with van der Waals surface area (Å²) >= 11 is 0. The van der Waals surface area contributed by atoms with Crippen molar-refractivity contribution < 1.29 is 8.60 Å². The predicted octanol–water partition coefficient (Wildman–Crippen LogP) is 2.92. The predicted molar refractivity (Wildman–Crippen MR) is 69.2 cm³/mol. The van der Waals surface area contributed by atoms with Gasteiger partial charge in [0.2, 0.25) is 0 Å². The van der Waals surface area contributed by atoms with Crippen molar-refractivity contribution in [1.29, 1.82) is 0 Å². The van der Waals surface area contributed by atoms with Crippen LogP contribution in [0.4, 0.5) is 10.1 Å². The number of hydrogen-bond donors (Lipinski definition) is 1. The maximum atomic E-state index is 12.5. The largest absolute Gasteiger partial charge is 0.440 e. The highest BCUT2D eigenvalue weighted by molar-refractivity contribution is 7.78. The van der Waals surface area contributed by atoms with Crippen LogP contribution in [0, 0.1) is 5.82 Å². The summed E-state index contributed by atoms with van der Waals surface area (Å²) in [5.41, 5.74) is 5.66. The molecule has 0 bridgehead atoms. The van der Waals surface area contributed by atoms with Crippen LogP contribution in [0.3, 0.4) is 0 Å². The molecule has 0 atom stereocenters. The summed E-state index contributed by atoms with van der Waals surface area (Å²) in [5, 5.41) is 1.39. The molecule has 0 aliphatic heterocycles. The van der Waals surface area contributed by atoms with Crippen LogP contribution in [-0.4, -0.2) is 6.54 Å². The molecule has 0 heterocycles. The number of benzene rings is 1. The van der Waals surface area contributed by atoms with Crippen molar-refractivity contribution in [3.05, 3.63) is 41.6 Å². The quantitative estimate of drug-likeness (QED) is 0.868. The highest BCUT2D eigenvalue weighted by Gasteiger charge is 1.86. The Kier molecular flexibility index (Phi) is 10.7. The van der Waals surface area contributed by atoms with E-state index in [2.05, 4.69) is 4.36 Å². The summed E-state index contributed by atoms with van der Waals surface area (Å²) in [6.45, 7) is 0.324. The topological polar surface area (TPSA) is 55.5 Å². The minimum absolute atomic E-state index is 0. The Bertz CT molecular complexity index is 402. The fourth-order valence-corrected chi connectivity index (χ4v) is 1.44. The van der Waals surface area contributed by atoms with Crippen LogP contribution in [0.2, 0.25) is 0 Å². The Morgan fingerprint density at radius 3 is 2.38 bits per heavy atom. The number of rotatable bonds is 3. The molecule has 0 aromatic heterocycles. The molecule has 0 saturated carbocycles. The van der Waals surface area contributed by atoms with Crippen LogP contribution in [-0.2, 0) is 14.8 Å². The van der Waals surface area contributed by atoms with Gasteiger partial charge in [0.1, 0.15) is 5.82 Å². The minimum atomic E-state index is -1.44. The first-order valence-corrected chi connectivity index (χ1v) is 5.14. The van der Waals surface area contributed by atoms with E-state index in [9.17, 15) is 8.60 Å². The van der Waals surface area contributed by atoms with Crippen LogP contribution in [0.25, 0.3) is 0 Å². The van der Waals surface area contributed by atoms with Crippen molar-refractivity contribution >= 4 is 41.1 Å². The van der Waals surface area contributed by atoms with Gasteiger partial charge in [-0.2, -0.15) is 10.6 Å². The lowest BCUT2D eigenvalue weighted by molar-refractivity contribution is 0.604. The highest BCUT2D eigenvalue weighted by atomic mass is 35.5. The van der Waals surface area contributed by atoms with E-state index in [4.69, 9.17) is 5.73 Å². The summed E-state index contributed by atoms with van der Waals surface area (Å²) in [7, 11) is -1.44. The maximum Gasteiger partial charge on any atom is 0.123 e. The highest BCUT2D eigenvalue weighted by Crippen LogP contribution is 2.12. The van der Waals surface area contributed by atoms with Gasteiger partial charge in [-0.25, -0.2) is 4.39 Å². The van der Waals surface area contributed by atoms with Crippen LogP contribution < -0.4 is 5.73 Å². The molecule has 0 radical (unpaired) electrons. The second-order valence-corrected chi connectivity index (χ2v) is 3.46. The third kappa shape index (κ3) is 6.79. The average Bonchev–Trinajstić information content (AvgIpc) is 2.18. The Labute approximate surface area is 108 Å². The van der Waals surface area contributed by atoms with Gasteiger partial charge in [0.25, 0.3) is 0 Å². The molecule has 0 spiro atoms. The van der Waals surface area contributed by atoms with E-state index in [1.165, 1.54) is 29.7 Å². The molecule has 7 heteroatoms. The molecule has 2 N–H and O–H groups in total. The molecular weight excluding hydrogens is 274 g/mol. The molecule has 0 saturated heterocycles. The van der Waals surface area contributed by atoms with Gasteiger partial charge < -0.3 is 14.3 Å². The molecule has 0 fully saturated rings. The van der Waals surface area contributed by atoms with Crippen molar-refractivity contribution in [2.75, 3.05) is 6.54 Å². The van der Waals surface area contributed by atoms with Crippen LogP contribution in [0.1, 0.15) is 0 Å². The van der Waals surface area contributed by atoms with Gasteiger partial charge in [-0.3, -0.25) is 0 Å². The van der Waals surface area contributed by atoms with E-state index in [-0.39, 0.29) is 30.6 Å². The standard InChI is InChI=1S/C9H10FN2OS.2ClH/c10-8-2-4-9(5-3-8)12-14(13)7-1-6-11;;/h1-5,7H,6,11H2;2*1H/q-1;;/b7-1+;;. The summed E-state index contributed by atoms with van der Waals surface area (Å²) in [4.78, 5) is 0. The Hall–Kier alpha value is -0.620. The van der Waals surface area contributed by atoms with E-state index in [0.717, 1.165) is 0 Å². The number of nitrogens with zero attached hydrogens (tertiary/aromatic N) is 1. The lowest BCUT2D eigenvalue weighted by Gasteiger charge is -1.98. The average molecular weight is 286 g/mol.